The zero-order valence-corrected chi connectivity index (χ0v) is 19.7. The smallest absolute Gasteiger partial charge is 0.254 e. The molecule has 0 saturated carbocycles. The van der Waals surface area contributed by atoms with Gasteiger partial charge in [0.25, 0.3) is 5.91 Å². The van der Waals surface area contributed by atoms with Crippen molar-refractivity contribution in [2.24, 2.45) is 0 Å². The van der Waals surface area contributed by atoms with Gasteiger partial charge in [-0.25, -0.2) is 9.37 Å². The zero-order valence-electron chi connectivity index (χ0n) is 19.7. The van der Waals surface area contributed by atoms with Crippen molar-refractivity contribution in [2.75, 3.05) is 44.3 Å². The highest BCUT2D eigenvalue weighted by Gasteiger charge is 2.23. The van der Waals surface area contributed by atoms with Crippen molar-refractivity contribution in [2.45, 2.75) is 25.4 Å². The van der Waals surface area contributed by atoms with Crippen LogP contribution in [0.4, 0.5) is 10.2 Å². The molecular formula is C27H30FN5O2. The Kier molecular flexibility index (Phi) is 7.30. The molecule has 0 aliphatic carbocycles. The molecule has 182 valence electrons. The van der Waals surface area contributed by atoms with Crippen LogP contribution < -0.4 is 10.2 Å². The number of anilines is 1. The van der Waals surface area contributed by atoms with Crippen LogP contribution in [0.25, 0.3) is 11.1 Å². The molecule has 0 radical (unpaired) electrons. The summed E-state index contributed by atoms with van der Waals surface area (Å²) >= 11 is 0. The van der Waals surface area contributed by atoms with Crippen molar-refractivity contribution >= 4 is 11.7 Å². The summed E-state index contributed by atoms with van der Waals surface area (Å²) in [5.41, 5.74) is 2.29. The fourth-order valence-electron chi connectivity index (χ4n) is 4.70. The number of nitrogens with one attached hydrogen (secondary N) is 1. The quantitative estimate of drug-likeness (QED) is 0.588. The minimum Gasteiger partial charge on any atom is -0.378 e. The van der Waals surface area contributed by atoms with E-state index in [1.807, 2.05) is 6.20 Å². The van der Waals surface area contributed by atoms with Crippen molar-refractivity contribution < 1.29 is 13.9 Å². The third kappa shape index (κ3) is 5.66. The molecule has 4 heterocycles. The first-order chi connectivity index (χ1) is 17.2. The van der Waals surface area contributed by atoms with Crippen molar-refractivity contribution in [3.05, 3.63) is 78.0 Å². The topological polar surface area (TPSA) is 70.6 Å². The second-order valence-corrected chi connectivity index (χ2v) is 9.06. The minimum absolute atomic E-state index is 0.0296. The lowest BCUT2D eigenvalue weighted by molar-refractivity contribution is 0.0905. The maximum Gasteiger partial charge on any atom is 0.254 e. The second-order valence-electron chi connectivity index (χ2n) is 9.06. The predicted octanol–water partition coefficient (Wildman–Crippen LogP) is 3.51. The van der Waals surface area contributed by atoms with E-state index in [2.05, 4.69) is 37.2 Å². The molecule has 3 aromatic rings. The van der Waals surface area contributed by atoms with E-state index in [1.54, 1.807) is 36.7 Å². The van der Waals surface area contributed by atoms with Gasteiger partial charge in [0.15, 0.2) is 0 Å². The number of carbonyl (C=O) groups excluding carboxylic acids is 1. The number of hydrogen-bond acceptors (Lipinski definition) is 6. The van der Waals surface area contributed by atoms with Crippen LogP contribution in [0.5, 0.6) is 0 Å². The Labute approximate surface area is 204 Å². The Morgan fingerprint density at radius 2 is 1.86 bits per heavy atom. The highest BCUT2D eigenvalue weighted by atomic mass is 19.1. The molecule has 2 fully saturated rings. The molecule has 8 heteroatoms. The number of pyridine rings is 2. The predicted molar refractivity (Wildman–Crippen MR) is 133 cm³/mol. The molecule has 1 N–H and O–H groups in total. The van der Waals surface area contributed by atoms with E-state index in [0.29, 0.717) is 11.1 Å². The number of likely N-dealkylation sites (tertiary alicyclic amines) is 1. The molecule has 2 aromatic heterocycles. The third-order valence-corrected chi connectivity index (χ3v) is 6.69. The Hall–Kier alpha value is -3.36. The van der Waals surface area contributed by atoms with Gasteiger partial charge in [0.05, 0.1) is 18.8 Å². The zero-order chi connectivity index (χ0) is 24.0. The summed E-state index contributed by atoms with van der Waals surface area (Å²) in [6.45, 7) is 5.82. The molecule has 5 rings (SSSR count). The van der Waals surface area contributed by atoms with Crippen molar-refractivity contribution in [3.63, 3.8) is 0 Å². The minimum atomic E-state index is -0.511. The molecule has 35 heavy (non-hydrogen) atoms. The number of hydrogen-bond donors (Lipinski definition) is 1. The van der Waals surface area contributed by atoms with Crippen molar-refractivity contribution in [3.8, 4) is 11.1 Å². The van der Waals surface area contributed by atoms with Gasteiger partial charge in [-0.05, 0) is 36.6 Å². The van der Waals surface area contributed by atoms with Crippen LogP contribution in [0.3, 0.4) is 0 Å². The fourth-order valence-corrected chi connectivity index (χ4v) is 4.70. The monoisotopic (exact) mass is 475 g/mol. The average Bonchev–Trinajstić information content (AvgIpc) is 2.91. The molecule has 1 amide bonds. The summed E-state index contributed by atoms with van der Waals surface area (Å²) in [5.74, 6) is 0.122. The van der Waals surface area contributed by atoms with E-state index in [9.17, 15) is 4.79 Å². The summed E-state index contributed by atoms with van der Waals surface area (Å²) in [6, 6.07) is 12.7. The number of benzene rings is 1. The summed E-state index contributed by atoms with van der Waals surface area (Å²) < 4.78 is 20.5. The first-order valence-corrected chi connectivity index (χ1v) is 12.2. The van der Waals surface area contributed by atoms with Gasteiger partial charge in [-0.1, -0.05) is 24.3 Å². The molecule has 2 saturated heterocycles. The second kappa shape index (κ2) is 10.9. The van der Waals surface area contributed by atoms with Gasteiger partial charge in [0, 0.05) is 68.5 Å². The molecule has 2 aliphatic heterocycles. The lowest BCUT2D eigenvalue weighted by atomic mass is 10.0. The Balaban J connectivity index is 1.13. The molecule has 1 aromatic carbocycles. The van der Waals surface area contributed by atoms with Crippen LogP contribution in [0.15, 0.2) is 61.1 Å². The average molecular weight is 476 g/mol. The highest BCUT2D eigenvalue weighted by Crippen LogP contribution is 2.25. The summed E-state index contributed by atoms with van der Waals surface area (Å²) in [5, 5.41) is 3.03. The molecule has 0 atom stereocenters. The Bertz CT molecular complexity index is 1130. The maximum absolute atomic E-state index is 15.1. The lowest BCUT2D eigenvalue weighted by Gasteiger charge is -2.32. The van der Waals surface area contributed by atoms with Gasteiger partial charge in [0.2, 0.25) is 0 Å². The molecule has 0 bridgehead atoms. The van der Waals surface area contributed by atoms with Crippen molar-refractivity contribution in [1.29, 1.82) is 0 Å². The highest BCUT2D eigenvalue weighted by molar-refractivity contribution is 5.96. The number of carbonyl (C=O) groups is 1. The molecule has 2 aliphatic rings. The standard InChI is InChI=1S/C27H30FN5O2/c28-26-23(21-3-2-10-29-18-21)4-1-5-24(26)27(34)31-22-8-11-32(12-9-22)19-20-6-7-25(30-17-20)33-13-15-35-16-14-33/h1-7,10,17-18,22H,8-9,11-16,19H2,(H,31,34). The molecular weight excluding hydrogens is 445 g/mol. The Morgan fingerprint density at radius 3 is 2.57 bits per heavy atom. The van der Waals surface area contributed by atoms with E-state index in [-0.39, 0.29) is 17.5 Å². The summed E-state index contributed by atoms with van der Waals surface area (Å²) in [7, 11) is 0. The van der Waals surface area contributed by atoms with Crippen LogP contribution in [-0.4, -0.2) is 66.2 Å². The molecule has 0 spiro atoms. The SMILES string of the molecule is O=C(NC1CCN(Cc2ccc(N3CCOCC3)nc2)CC1)c1cccc(-c2cccnc2)c1F. The first kappa shape index (κ1) is 23.4. The van der Waals surface area contributed by atoms with Crippen molar-refractivity contribution in [1.82, 2.24) is 20.2 Å². The number of nitrogens with zero attached hydrogens (tertiary/aromatic N) is 4. The van der Waals surface area contributed by atoms with Gasteiger partial charge >= 0.3 is 0 Å². The first-order valence-electron chi connectivity index (χ1n) is 12.2. The van der Waals surface area contributed by atoms with E-state index < -0.39 is 5.82 Å². The van der Waals surface area contributed by atoms with Gasteiger partial charge in [0.1, 0.15) is 11.6 Å². The number of rotatable bonds is 6. The van der Waals surface area contributed by atoms with Crippen LogP contribution >= 0.6 is 0 Å². The lowest BCUT2D eigenvalue weighted by Crippen LogP contribution is -2.44. The van der Waals surface area contributed by atoms with Crippen LogP contribution in [-0.2, 0) is 11.3 Å². The number of piperidine rings is 1. The van der Waals surface area contributed by atoms with Gasteiger partial charge < -0.3 is 15.0 Å². The van der Waals surface area contributed by atoms with Crippen LogP contribution in [0.2, 0.25) is 0 Å². The number of morpholine rings is 1. The van der Waals surface area contributed by atoms with E-state index in [0.717, 1.165) is 64.6 Å². The van der Waals surface area contributed by atoms with Gasteiger partial charge in [-0.3, -0.25) is 14.7 Å². The summed E-state index contributed by atoms with van der Waals surface area (Å²) in [4.78, 5) is 26.2. The van der Waals surface area contributed by atoms with Gasteiger partial charge in [-0.15, -0.1) is 0 Å². The van der Waals surface area contributed by atoms with Gasteiger partial charge in [-0.2, -0.15) is 0 Å². The number of halogens is 1. The maximum atomic E-state index is 15.1. The number of ether oxygens (including phenoxy) is 1. The largest absolute Gasteiger partial charge is 0.378 e. The normalized spacial score (nSPS) is 17.3. The molecule has 0 unspecified atom stereocenters. The summed E-state index contributed by atoms with van der Waals surface area (Å²) in [6.07, 6.45) is 6.85. The molecule has 7 nitrogen and oxygen atoms in total. The number of aromatic nitrogens is 2. The van der Waals surface area contributed by atoms with E-state index in [1.165, 1.54) is 11.6 Å². The van der Waals surface area contributed by atoms with E-state index in [4.69, 9.17) is 4.74 Å². The Morgan fingerprint density at radius 1 is 1.03 bits per heavy atom. The number of amides is 1. The fraction of sp³-hybridized carbons (Fsp3) is 0.370. The third-order valence-electron chi connectivity index (χ3n) is 6.69. The van der Waals surface area contributed by atoms with Crippen LogP contribution in [0, 0.1) is 5.82 Å². The van der Waals surface area contributed by atoms with Crippen LogP contribution in [0.1, 0.15) is 28.8 Å². The van der Waals surface area contributed by atoms with E-state index >= 15 is 4.39 Å².